The number of aromatic nitrogens is 3. The molecule has 0 fully saturated rings. The van der Waals surface area contributed by atoms with Gasteiger partial charge >= 0.3 is 5.97 Å². The van der Waals surface area contributed by atoms with Crippen molar-refractivity contribution in [2.24, 2.45) is 0 Å². The first-order chi connectivity index (χ1) is 8.41. The van der Waals surface area contributed by atoms with E-state index in [4.69, 9.17) is 5.11 Å². The van der Waals surface area contributed by atoms with Crippen LogP contribution in [0.2, 0.25) is 0 Å². The maximum atomic E-state index is 11.1. The van der Waals surface area contributed by atoms with Gasteiger partial charge in [-0.1, -0.05) is 0 Å². The number of aliphatic carboxylic acids is 1. The zero-order chi connectivity index (χ0) is 13.3. The van der Waals surface area contributed by atoms with E-state index in [2.05, 4.69) is 15.0 Å². The fourth-order valence-electron chi connectivity index (χ4n) is 1.28. The molecule has 0 unspecified atom stereocenters. The molecule has 0 aromatic carbocycles. The first-order valence-corrected chi connectivity index (χ1v) is 6.27. The molecule has 0 saturated heterocycles. The number of rotatable bonds is 3. The lowest BCUT2D eigenvalue weighted by Crippen LogP contribution is -2.28. The van der Waals surface area contributed by atoms with E-state index in [1.165, 1.54) is 11.3 Å². The van der Waals surface area contributed by atoms with Gasteiger partial charge in [0.05, 0.1) is 5.69 Å². The summed E-state index contributed by atoms with van der Waals surface area (Å²) in [6, 6.07) is 0. The van der Waals surface area contributed by atoms with Gasteiger partial charge in [-0.25, -0.2) is 15.0 Å². The Labute approximate surface area is 109 Å². The van der Waals surface area contributed by atoms with Crippen molar-refractivity contribution in [1.82, 2.24) is 15.0 Å². The van der Waals surface area contributed by atoms with E-state index < -0.39 is 11.4 Å². The fraction of sp³-hybridized carbons (Fsp3) is 0.333. The van der Waals surface area contributed by atoms with E-state index >= 15 is 0 Å². The van der Waals surface area contributed by atoms with Gasteiger partial charge in [-0.2, -0.15) is 0 Å². The highest BCUT2D eigenvalue weighted by atomic mass is 32.1. The Balaban J connectivity index is 2.37. The average molecular weight is 263 g/mol. The van der Waals surface area contributed by atoms with Crippen LogP contribution in [0, 0.1) is 6.92 Å². The van der Waals surface area contributed by atoms with Crippen molar-refractivity contribution >= 4 is 17.3 Å². The number of carboxylic acids is 1. The summed E-state index contributed by atoms with van der Waals surface area (Å²) >= 11 is 1.35. The third-order valence-electron chi connectivity index (χ3n) is 2.65. The Morgan fingerprint density at radius 1 is 1.33 bits per heavy atom. The summed E-state index contributed by atoms with van der Waals surface area (Å²) in [6.07, 6.45) is 3.43. The first kappa shape index (κ1) is 12.6. The van der Waals surface area contributed by atoms with Gasteiger partial charge in [0.2, 0.25) is 0 Å². The lowest BCUT2D eigenvalue weighted by atomic mass is 9.90. The molecule has 0 saturated carbocycles. The molecule has 0 spiro atoms. The lowest BCUT2D eigenvalue weighted by molar-refractivity contribution is -0.142. The van der Waals surface area contributed by atoms with E-state index in [0.29, 0.717) is 16.5 Å². The van der Waals surface area contributed by atoms with Crippen LogP contribution in [-0.4, -0.2) is 26.0 Å². The SMILES string of the molecule is Cc1cnc(-c2nc(C(C)(C)C(=O)O)cs2)nc1. The molecule has 2 heterocycles. The van der Waals surface area contributed by atoms with Gasteiger partial charge in [0.1, 0.15) is 5.41 Å². The summed E-state index contributed by atoms with van der Waals surface area (Å²) in [5, 5.41) is 11.5. The minimum absolute atomic E-state index is 0.526. The molecule has 0 aliphatic carbocycles. The molecule has 18 heavy (non-hydrogen) atoms. The molecule has 6 heteroatoms. The van der Waals surface area contributed by atoms with E-state index in [9.17, 15) is 4.79 Å². The zero-order valence-electron chi connectivity index (χ0n) is 10.3. The molecule has 1 N–H and O–H groups in total. The first-order valence-electron chi connectivity index (χ1n) is 5.39. The monoisotopic (exact) mass is 263 g/mol. The number of carboxylic acid groups (broad SMARTS) is 1. The summed E-state index contributed by atoms with van der Waals surface area (Å²) in [4.78, 5) is 23.8. The van der Waals surface area contributed by atoms with E-state index in [1.807, 2.05) is 6.92 Å². The van der Waals surface area contributed by atoms with E-state index in [-0.39, 0.29) is 0 Å². The van der Waals surface area contributed by atoms with Crippen LogP contribution < -0.4 is 0 Å². The number of carbonyl (C=O) groups is 1. The quantitative estimate of drug-likeness (QED) is 0.919. The second kappa shape index (κ2) is 4.45. The van der Waals surface area contributed by atoms with E-state index in [0.717, 1.165) is 5.56 Å². The second-order valence-electron chi connectivity index (χ2n) is 4.55. The molecular weight excluding hydrogens is 250 g/mol. The van der Waals surface area contributed by atoms with Crippen LogP contribution in [0.1, 0.15) is 25.1 Å². The minimum Gasteiger partial charge on any atom is -0.481 e. The van der Waals surface area contributed by atoms with Gasteiger partial charge < -0.3 is 5.11 Å². The van der Waals surface area contributed by atoms with Crippen molar-refractivity contribution in [1.29, 1.82) is 0 Å². The van der Waals surface area contributed by atoms with Crippen LogP contribution in [0.3, 0.4) is 0 Å². The molecule has 0 aliphatic heterocycles. The maximum Gasteiger partial charge on any atom is 0.315 e. The molecule has 0 bridgehead atoms. The molecule has 0 aliphatic rings. The van der Waals surface area contributed by atoms with Gasteiger partial charge in [0, 0.05) is 17.8 Å². The van der Waals surface area contributed by atoms with Gasteiger partial charge in [-0.15, -0.1) is 11.3 Å². The standard InChI is InChI=1S/C12H13N3O2S/c1-7-4-13-9(14-5-7)10-15-8(6-18-10)12(2,3)11(16)17/h4-6H,1-3H3,(H,16,17). The number of nitrogens with zero attached hydrogens (tertiary/aromatic N) is 3. The lowest BCUT2D eigenvalue weighted by Gasteiger charge is -2.15. The Hall–Kier alpha value is -1.82. The van der Waals surface area contributed by atoms with Gasteiger partial charge in [-0.3, -0.25) is 4.79 Å². The third kappa shape index (κ3) is 2.24. The smallest absolute Gasteiger partial charge is 0.315 e. The number of thiazole rings is 1. The van der Waals surface area contributed by atoms with Crippen LogP contribution >= 0.6 is 11.3 Å². The zero-order valence-corrected chi connectivity index (χ0v) is 11.2. The predicted molar refractivity (Wildman–Crippen MR) is 68.5 cm³/mol. The molecule has 0 radical (unpaired) electrons. The van der Waals surface area contributed by atoms with Gasteiger partial charge in [0.25, 0.3) is 0 Å². The molecular formula is C12H13N3O2S. The second-order valence-corrected chi connectivity index (χ2v) is 5.41. The maximum absolute atomic E-state index is 11.1. The average Bonchev–Trinajstić information content (AvgIpc) is 2.79. The number of hydrogen-bond acceptors (Lipinski definition) is 5. The van der Waals surface area contributed by atoms with Crippen molar-refractivity contribution in [3.8, 4) is 10.8 Å². The summed E-state index contributed by atoms with van der Waals surface area (Å²) < 4.78 is 0. The van der Waals surface area contributed by atoms with E-state index in [1.54, 1.807) is 31.6 Å². The molecule has 2 aromatic heterocycles. The third-order valence-corrected chi connectivity index (χ3v) is 3.49. The molecule has 0 atom stereocenters. The molecule has 0 amide bonds. The molecule has 2 rings (SSSR count). The van der Waals surface area contributed by atoms with Crippen molar-refractivity contribution in [2.45, 2.75) is 26.2 Å². The topological polar surface area (TPSA) is 76.0 Å². The summed E-state index contributed by atoms with van der Waals surface area (Å²) in [5.74, 6) is -0.373. The van der Waals surface area contributed by atoms with Crippen LogP contribution in [0.4, 0.5) is 0 Å². The highest BCUT2D eigenvalue weighted by molar-refractivity contribution is 7.13. The highest BCUT2D eigenvalue weighted by Gasteiger charge is 2.32. The fourth-order valence-corrected chi connectivity index (χ4v) is 2.21. The largest absolute Gasteiger partial charge is 0.481 e. The Bertz CT molecular complexity index is 575. The van der Waals surface area contributed by atoms with Crippen LogP contribution in [-0.2, 0) is 10.2 Å². The van der Waals surface area contributed by atoms with Crippen LogP contribution in [0.15, 0.2) is 17.8 Å². The van der Waals surface area contributed by atoms with Crippen molar-refractivity contribution in [2.75, 3.05) is 0 Å². The Morgan fingerprint density at radius 3 is 2.50 bits per heavy atom. The molecule has 2 aromatic rings. The normalized spacial score (nSPS) is 11.5. The number of hydrogen-bond donors (Lipinski definition) is 1. The van der Waals surface area contributed by atoms with Crippen molar-refractivity contribution < 1.29 is 9.90 Å². The predicted octanol–water partition coefficient (Wildman–Crippen LogP) is 2.27. The molecule has 94 valence electrons. The van der Waals surface area contributed by atoms with Crippen molar-refractivity contribution in [3.63, 3.8) is 0 Å². The number of aryl methyl sites for hydroxylation is 1. The molecule has 5 nitrogen and oxygen atoms in total. The van der Waals surface area contributed by atoms with Crippen LogP contribution in [0.25, 0.3) is 10.8 Å². The Kier molecular flexibility index (Phi) is 3.13. The summed E-state index contributed by atoms with van der Waals surface area (Å²) in [6.45, 7) is 5.17. The minimum atomic E-state index is -1.00. The Morgan fingerprint density at radius 2 is 1.94 bits per heavy atom. The van der Waals surface area contributed by atoms with Gasteiger partial charge in [-0.05, 0) is 26.3 Å². The van der Waals surface area contributed by atoms with Crippen molar-refractivity contribution in [3.05, 3.63) is 29.0 Å². The van der Waals surface area contributed by atoms with Crippen LogP contribution in [0.5, 0.6) is 0 Å². The highest BCUT2D eigenvalue weighted by Crippen LogP contribution is 2.28. The summed E-state index contributed by atoms with van der Waals surface area (Å²) in [7, 11) is 0. The van der Waals surface area contributed by atoms with Gasteiger partial charge in [0.15, 0.2) is 10.8 Å². The summed E-state index contributed by atoms with van der Waals surface area (Å²) in [5.41, 5.74) is 0.500.